The maximum atomic E-state index is 12.3. The van der Waals surface area contributed by atoms with Gasteiger partial charge in [-0.15, -0.1) is 0 Å². The molecule has 3 N–H and O–H groups in total. The first-order valence-electron chi connectivity index (χ1n) is 10.6. The van der Waals surface area contributed by atoms with Crippen molar-refractivity contribution in [3.8, 4) is 5.75 Å². The van der Waals surface area contributed by atoms with E-state index in [-0.39, 0.29) is 11.8 Å². The number of amidine groups is 1. The third kappa shape index (κ3) is 6.41. The fraction of sp³-hybridized carbons (Fsp3) is 0.478. The van der Waals surface area contributed by atoms with Crippen molar-refractivity contribution in [1.29, 1.82) is 5.41 Å². The van der Waals surface area contributed by atoms with Crippen molar-refractivity contribution >= 4 is 29.6 Å². The van der Waals surface area contributed by atoms with Gasteiger partial charge in [0.15, 0.2) is 0 Å². The van der Waals surface area contributed by atoms with Crippen LogP contribution in [0.25, 0.3) is 0 Å². The Morgan fingerprint density at radius 2 is 2.03 bits per heavy atom. The smallest absolute Gasteiger partial charge is 0.331 e. The second kappa shape index (κ2) is 11.3. The molecular formula is C23H32N4O4. The number of rotatable bonds is 10. The molecule has 0 atom stereocenters. The highest BCUT2D eigenvalue weighted by molar-refractivity contribution is 6.11. The summed E-state index contributed by atoms with van der Waals surface area (Å²) in [6.07, 6.45) is 7.24. The number of hydrogen-bond donors (Lipinski definition) is 3. The number of amides is 1. The van der Waals surface area contributed by atoms with E-state index in [0.717, 1.165) is 19.3 Å². The number of carbonyl (C=O) groups is 2. The average molecular weight is 429 g/mol. The summed E-state index contributed by atoms with van der Waals surface area (Å²) in [4.78, 5) is 28.7. The normalized spacial score (nSPS) is 15.2. The summed E-state index contributed by atoms with van der Waals surface area (Å²) in [6, 6.07) is 5.22. The first kappa shape index (κ1) is 24.1. The number of ether oxygens (including phenoxy) is 2. The van der Waals surface area contributed by atoms with Gasteiger partial charge < -0.3 is 20.1 Å². The van der Waals surface area contributed by atoms with Gasteiger partial charge in [0.05, 0.1) is 19.3 Å². The van der Waals surface area contributed by atoms with Crippen molar-refractivity contribution in [3.05, 3.63) is 35.5 Å². The number of hydrogen-bond acceptors (Lipinski definition) is 7. The second-order valence-corrected chi connectivity index (χ2v) is 7.45. The quantitative estimate of drug-likeness (QED) is 0.227. The van der Waals surface area contributed by atoms with Gasteiger partial charge in [0.2, 0.25) is 0 Å². The number of anilines is 1. The minimum absolute atomic E-state index is 0.0978. The van der Waals surface area contributed by atoms with Crippen LogP contribution >= 0.6 is 0 Å². The minimum Gasteiger partial charge on any atom is -0.493 e. The third-order valence-corrected chi connectivity index (χ3v) is 5.02. The van der Waals surface area contributed by atoms with Gasteiger partial charge in [-0.25, -0.2) is 4.79 Å². The summed E-state index contributed by atoms with van der Waals surface area (Å²) in [6.45, 7) is 6.05. The molecule has 0 unspecified atom stereocenters. The number of aliphatic imine (C=N–C) groups is 1. The van der Waals surface area contributed by atoms with Crippen molar-refractivity contribution in [2.75, 3.05) is 19.0 Å². The molecule has 0 heterocycles. The zero-order valence-electron chi connectivity index (χ0n) is 18.7. The van der Waals surface area contributed by atoms with Crippen LogP contribution < -0.4 is 15.4 Å². The van der Waals surface area contributed by atoms with E-state index in [2.05, 4.69) is 22.5 Å². The molecule has 1 aromatic carbocycles. The molecule has 31 heavy (non-hydrogen) atoms. The molecule has 1 aromatic rings. The Labute approximate surface area is 183 Å². The lowest BCUT2D eigenvalue weighted by atomic mass is 9.76. The van der Waals surface area contributed by atoms with Crippen LogP contribution in [-0.4, -0.2) is 43.2 Å². The predicted octanol–water partition coefficient (Wildman–Crippen LogP) is 3.81. The van der Waals surface area contributed by atoms with Crippen molar-refractivity contribution in [2.45, 2.75) is 58.4 Å². The molecule has 1 fully saturated rings. The molecule has 1 amide bonds. The molecule has 8 heteroatoms. The maximum absolute atomic E-state index is 12.3. The molecule has 0 bridgehead atoms. The molecule has 0 aromatic heterocycles. The lowest BCUT2D eigenvalue weighted by molar-refractivity contribution is -0.149. The van der Waals surface area contributed by atoms with Crippen LogP contribution in [0.4, 0.5) is 5.69 Å². The number of benzene rings is 1. The fourth-order valence-corrected chi connectivity index (χ4v) is 3.26. The second-order valence-electron chi connectivity index (χ2n) is 7.45. The fourth-order valence-electron chi connectivity index (χ4n) is 3.26. The Bertz CT molecular complexity index is 872. The number of allylic oxidation sites excluding steroid dienone is 1. The molecule has 8 nitrogen and oxygen atoms in total. The first-order chi connectivity index (χ1) is 14.8. The number of carbonyl (C=O) groups excluding carboxylic acids is 2. The third-order valence-electron chi connectivity index (χ3n) is 5.02. The molecule has 1 aliphatic carbocycles. The number of nitrogens with zero attached hydrogens (tertiary/aromatic N) is 1. The Hall–Kier alpha value is -3.16. The molecule has 0 aliphatic heterocycles. The highest BCUT2D eigenvalue weighted by Crippen LogP contribution is 2.37. The summed E-state index contributed by atoms with van der Waals surface area (Å²) >= 11 is 0. The molecular weight excluding hydrogens is 396 g/mol. The number of esters is 1. The van der Waals surface area contributed by atoms with Crippen molar-refractivity contribution < 1.29 is 19.1 Å². The van der Waals surface area contributed by atoms with Crippen LogP contribution in [0.2, 0.25) is 0 Å². The molecule has 1 aliphatic rings. The monoisotopic (exact) mass is 428 g/mol. The van der Waals surface area contributed by atoms with E-state index in [0.29, 0.717) is 42.1 Å². The summed E-state index contributed by atoms with van der Waals surface area (Å²) in [7, 11) is 1.38. The SMILES string of the molecule is CCCC=N/C(C)=C/C(=O)NC(=N)c1cc(NC2(C(=O)OC)CCC2)ccc1OCC. The first-order valence-corrected chi connectivity index (χ1v) is 10.6. The van der Waals surface area contributed by atoms with Gasteiger partial charge >= 0.3 is 5.97 Å². The van der Waals surface area contributed by atoms with E-state index in [1.54, 1.807) is 31.3 Å². The van der Waals surface area contributed by atoms with Gasteiger partial charge in [-0.3, -0.25) is 15.2 Å². The molecule has 1 saturated carbocycles. The zero-order chi connectivity index (χ0) is 22.9. The zero-order valence-corrected chi connectivity index (χ0v) is 18.7. The predicted molar refractivity (Wildman–Crippen MR) is 122 cm³/mol. The summed E-state index contributed by atoms with van der Waals surface area (Å²) in [5, 5.41) is 14.2. The lowest BCUT2D eigenvalue weighted by Gasteiger charge is -2.40. The van der Waals surface area contributed by atoms with Crippen LogP contribution in [0.3, 0.4) is 0 Å². The molecule has 168 valence electrons. The van der Waals surface area contributed by atoms with Crippen LogP contribution in [0.1, 0.15) is 58.4 Å². The average Bonchev–Trinajstić information content (AvgIpc) is 2.71. The van der Waals surface area contributed by atoms with Gasteiger partial charge in [-0.05, 0) is 57.7 Å². The van der Waals surface area contributed by atoms with Crippen molar-refractivity contribution in [3.63, 3.8) is 0 Å². The number of unbranched alkanes of at least 4 members (excludes halogenated alkanes) is 1. The molecule has 0 spiro atoms. The summed E-state index contributed by atoms with van der Waals surface area (Å²) < 4.78 is 10.6. The van der Waals surface area contributed by atoms with E-state index in [1.165, 1.54) is 13.2 Å². The van der Waals surface area contributed by atoms with E-state index in [9.17, 15) is 9.59 Å². The van der Waals surface area contributed by atoms with Gasteiger partial charge in [-0.2, -0.15) is 0 Å². The highest BCUT2D eigenvalue weighted by atomic mass is 16.5. The minimum atomic E-state index is -0.749. The standard InChI is InChI=1S/C23H32N4O4/c1-5-7-13-25-16(3)14-20(28)26-21(24)18-15-17(9-10-19(18)31-6-2)27-23(11-8-12-23)22(29)30-4/h9-10,13-15,27H,5-8,11-12H2,1-4H3,(H2,24,26,28)/b16-14+,25-13?. The molecule has 2 rings (SSSR count). The van der Waals surface area contributed by atoms with E-state index >= 15 is 0 Å². The van der Waals surface area contributed by atoms with Crippen LogP contribution in [-0.2, 0) is 14.3 Å². The van der Waals surface area contributed by atoms with Crippen LogP contribution in [0.5, 0.6) is 5.75 Å². The lowest BCUT2D eigenvalue weighted by Crippen LogP contribution is -2.52. The van der Waals surface area contributed by atoms with Crippen LogP contribution in [0.15, 0.2) is 35.0 Å². The Balaban J connectivity index is 2.20. The van der Waals surface area contributed by atoms with Crippen molar-refractivity contribution in [1.82, 2.24) is 5.32 Å². The largest absolute Gasteiger partial charge is 0.493 e. The van der Waals surface area contributed by atoms with E-state index in [1.807, 2.05) is 6.92 Å². The van der Waals surface area contributed by atoms with Gasteiger partial charge in [0.1, 0.15) is 17.1 Å². The maximum Gasteiger partial charge on any atom is 0.331 e. The van der Waals surface area contributed by atoms with E-state index < -0.39 is 11.4 Å². The highest BCUT2D eigenvalue weighted by Gasteiger charge is 2.45. The number of methoxy groups -OCH3 is 1. The van der Waals surface area contributed by atoms with Crippen molar-refractivity contribution in [2.24, 2.45) is 4.99 Å². The van der Waals surface area contributed by atoms with E-state index in [4.69, 9.17) is 14.9 Å². The Morgan fingerprint density at radius 3 is 2.61 bits per heavy atom. The van der Waals surface area contributed by atoms with Gasteiger partial charge in [-0.1, -0.05) is 13.3 Å². The van der Waals surface area contributed by atoms with Crippen LogP contribution in [0, 0.1) is 5.41 Å². The summed E-state index contributed by atoms with van der Waals surface area (Å²) in [5.74, 6) is -0.371. The Morgan fingerprint density at radius 1 is 1.29 bits per heavy atom. The molecule has 0 saturated heterocycles. The summed E-state index contributed by atoms with van der Waals surface area (Å²) in [5.41, 5.74) is 0.878. The van der Waals surface area contributed by atoms with Gasteiger partial charge in [0.25, 0.3) is 5.91 Å². The topological polar surface area (TPSA) is 113 Å². The molecule has 0 radical (unpaired) electrons. The Kier molecular flexibility index (Phi) is 8.78. The number of nitrogens with one attached hydrogen (secondary N) is 3. The van der Waals surface area contributed by atoms with Gasteiger partial charge in [0, 0.05) is 23.7 Å².